The molecule has 0 spiro atoms. The van der Waals surface area contributed by atoms with Gasteiger partial charge in [-0.2, -0.15) is 0 Å². The predicted octanol–water partition coefficient (Wildman–Crippen LogP) is 3.62. The van der Waals surface area contributed by atoms with Crippen LogP contribution in [0.1, 0.15) is 41.5 Å². The first-order valence-corrected chi connectivity index (χ1v) is 10.8. The summed E-state index contributed by atoms with van der Waals surface area (Å²) in [4.78, 5) is 21.4. The fraction of sp³-hybridized carbons (Fsp3) is 0.333. The maximum absolute atomic E-state index is 12.8. The van der Waals surface area contributed by atoms with Crippen molar-refractivity contribution >= 4 is 23.3 Å². The summed E-state index contributed by atoms with van der Waals surface area (Å²) in [6, 6.07) is 10.8. The standard InChI is InChI=1S/C20H24FNOS.C4H4O4/c1-20(22,15-23)14-13-19-12-11-18(24-19)6-4-2-3-5-16-7-9-17(21)10-8-16;5-3(6)1-2-4(7)8/h7-12,23H,2-3,5,13-15,22H2,1H3;1-2H,(H,5,6)(H,7,8)/b;2-1-. The third kappa shape index (κ3) is 12.6. The minimum Gasteiger partial charge on any atom is -0.478 e. The normalized spacial score (nSPS) is 12.2. The Bertz CT molecular complexity index is 939. The number of aliphatic hydroxyl groups excluding tert-OH is 1. The van der Waals surface area contributed by atoms with Crippen LogP contribution >= 0.6 is 11.3 Å². The highest BCUT2D eigenvalue weighted by molar-refractivity contribution is 7.12. The van der Waals surface area contributed by atoms with Gasteiger partial charge in [0, 0.05) is 29.0 Å². The summed E-state index contributed by atoms with van der Waals surface area (Å²) in [5.41, 5.74) is 6.57. The van der Waals surface area contributed by atoms with Crippen molar-refractivity contribution in [1.82, 2.24) is 0 Å². The lowest BCUT2D eigenvalue weighted by molar-refractivity contribution is -0.134. The number of nitrogens with two attached hydrogens (primary N) is 1. The first kappa shape index (κ1) is 27.0. The van der Waals surface area contributed by atoms with E-state index < -0.39 is 17.5 Å². The molecule has 8 heteroatoms. The number of rotatable bonds is 9. The number of unbranched alkanes of at least 4 members (excludes halogenated alkanes) is 1. The van der Waals surface area contributed by atoms with Crippen molar-refractivity contribution in [3.05, 3.63) is 69.7 Å². The average molecular weight is 462 g/mol. The van der Waals surface area contributed by atoms with E-state index in [1.807, 2.05) is 25.1 Å². The topological polar surface area (TPSA) is 121 Å². The van der Waals surface area contributed by atoms with E-state index in [-0.39, 0.29) is 12.4 Å². The molecule has 1 atom stereocenters. The molecule has 172 valence electrons. The number of hydrogen-bond acceptors (Lipinski definition) is 5. The summed E-state index contributed by atoms with van der Waals surface area (Å²) in [5, 5.41) is 24.8. The smallest absolute Gasteiger partial charge is 0.328 e. The monoisotopic (exact) mass is 461 g/mol. The van der Waals surface area contributed by atoms with Crippen LogP contribution in [0.3, 0.4) is 0 Å². The molecule has 5 N–H and O–H groups in total. The van der Waals surface area contributed by atoms with Crippen molar-refractivity contribution in [3.63, 3.8) is 0 Å². The number of thiophene rings is 1. The number of carbonyl (C=O) groups is 2. The largest absolute Gasteiger partial charge is 0.478 e. The van der Waals surface area contributed by atoms with Gasteiger partial charge < -0.3 is 21.1 Å². The van der Waals surface area contributed by atoms with Crippen LogP contribution in [0, 0.1) is 17.7 Å². The molecule has 0 radical (unpaired) electrons. The Hall–Kier alpha value is -2.99. The van der Waals surface area contributed by atoms with Gasteiger partial charge in [0.2, 0.25) is 0 Å². The molecule has 0 bridgehead atoms. The molecule has 0 aliphatic carbocycles. The molecule has 2 aromatic rings. The van der Waals surface area contributed by atoms with Crippen LogP contribution in [0.15, 0.2) is 48.6 Å². The van der Waals surface area contributed by atoms with Gasteiger partial charge in [0.05, 0.1) is 11.5 Å². The third-order valence-corrected chi connectivity index (χ3v) is 5.29. The van der Waals surface area contributed by atoms with E-state index in [1.54, 1.807) is 11.3 Å². The molecule has 1 aromatic heterocycles. The minimum absolute atomic E-state index is 0.000899. The van der Waals surface area contributed by atoms with E-state index in [4.69, 9.17) is 15.9 Å². The number of halogens is 1. The van der Waals surface area contributed by atoms with Gasteiger partial charge in [0.15, 0.2) is 0 Å². The van der Waals surface area contributed by atoms with Gasteiger partial charge in [-0.05, 0) is 62.4 Å². The van der Waals surface area contributed by atoms with E-state index in [9.17, 15) is 19.1 Å². The second-order valence-electron chi connectivity index (χ2n) is 7.37. The number of aliphatic carboxylic acids is 2. The SMILES string of the molecule is CC(N)(CO)CCc1ccc(C#CCCCc2ccc(F)cc2)s1.O=C(O)/C=C\C(=O)O. The molecule has 1 aromatic carbocycles. The van der Waals surface area contributed by atoms with Gasteiger partial charge in [-0.25, -0.2) is 14.0 Å². The van der Waals surface area contributed by atoms with E-state index in [2.05, 4.69) is 17.9 Å². The molecule has 0 aliphatic rings. The molecule has 2 rings (SSSR count). The Morgan fingerprint density at radius 1 is 1.09 bits per heavy atom. The zero-order valence-electron chi connectivity index (χ0n) is 17.9. The average Bonchev–Trinajstić information content (AvgIpc) is 3.20. The van der Waals surface area contributed by atoms with Crippen LogP contribution in [0.5, 0.6) is 0 Å². The molecule has 1 heterocycles. The van der Waals surface area contributed by atoms with Gasteiger partial charge >= 0.3 is 11.9 Å². The molecule has 0 saturated carbocycles. The lowest BCUT2D eigenvalue weighted by atomic mass is 9.98. The summed E-state index contributed by atoms with van der Waals surface area (Å²) in [5.74, 6) is 3.69. The number of carboxylic acid groups (broad SMARTS) is 2. The van der Waals surface area contributed by atoms with Crippen LogP contribution < -0.4 is 5.73 Å². The highest BCUT2D eigenvalue weighted by atomic mass is 32.1. The quantitative estimate of drug-likeness (QED) is 0.257. The number of aryl methyl sites for hydroxylation is 2. The first-order valence-electron chi connectivity index (χ1n) is 9.97. The third-order valence-electron chi connectivity index (χ3n) is 4.23. The Balaban J connectivity index is 0.000000547. The van der Waals surface area contributed by atoms with Crippen molar-refractivity contribution in [2.24, 2.45) is 5.73 Å². The second-order valence-corrected chi connectivity index (χ2v) is 8.54. The maximum Gasteiger partial charge on any atom is 0.328 e. The van der Waals surface area contributed by atoms with E-state index in [0.717, 1.165) is 42.5 Å². The Labute approximate surface area is 191 Å². The van der Waals surface area contributed by atoms with Gasteiger partial charge in [0.25, 0.3) is 0 Å². The predicted molar refractivity (Wildman–Crippen MR) is 123 cm³/mol. The van der Waals surface area contributed by atoms with Crippen LogP contribution in [-0.4, -0.2) is 39.4 Å². The Morgan fingerprint density at radius 3 is 2.28 bits per heavy atom. The summed E-state index contributed by atoms with van der Waals surface area (Å²) in [6.45, 7) is 1.86. The fourth-order valence-corrected chi connectivity index (χ4v) is 3.27. The van der Waals surface area contributed by atoms with Crippen LogP contribution in [0.4, 0.5) is 4.39 Å². The lowest BCUT2D eigenvalue weighted by Gasteiger charge is -2.20. The molecule has 0 amide bonds. The molecule has 6 nitrogen and oxygen atoms in total. The maximum atomic E-state index is 12.8. The fourth-order valence-electron chi connectivity index (χ4n) is 2.39. The number of benzene rings is 1. The lowest BCUT2D eigenvalue weighted by Crippen LogP contribution is -2.40. The van der Waals surface area contributed by atoms with Gasteiger partial charge in [-0.15, -0.1) is 11.3 Å². The van der Waals surface area contributed by atoms with Crippen LogP contribution in [-0.2, 0) is 22.4 Å². The summed E-state index contributed by atoms with van der Waals surface area (Å²) >= 11 is 1.69. The molecular formula is C24H28FNO5S. The first-order chi connectivity index (χ1) is 15.1. The van der Waals surface area contributed by atoms with Crippen molar-refractivity contribution in [2.75, 3.05) is 6.61 Å². The number of carboxylic acids is 2. The van der Waals surface area contributed by atoms with Gasteiger partial charge in [0.1, 0.15) is 5.82 Å². The van der Waals surface area contributed by atoms with Gasteiger partial charge in [-0.1, -0.05) is 24.0 Å². The Kier molecular flexibility index (Phi) is 12.0. The minimum atomic E-state index is -1.26. The second kappa shape index (κ2) is 14.1. The van der Waals surface area contributed by atoms with E-state index in [1.165, 1.54) is 17.0 Å². The highest BCUT2D eigenvalue weighted by Gasteiger charge is 2.16. The molecule has 0 aliphatic heterocycles. The molecule has 0 fully saturated rings. The number of hydrogen-bond donors (Lipinski definition) is 4. The van der Waals surface area contributed by atoms with Gasteiger partial charge in [-0.3, -0.25) is 0 Å². The van der Waals surface area contributed by atoms with Crippen molar-refractivity contribution in [3.8, 4) is 11.8 Å². The van der Waals surface area contributed by atoms with Crippen molar-refractivity contribution in [2.45, 2.75) is 44.6 Å². The molecular weight excluding hydrogens is 433 g/mol. The van der Waals surface area contributed by atoms with Crippen molar-refractivity contribution < 1.29 is 29.3 Å². The molecule has 1 unspecified atom stereocenters. The highest BCUT2D eigenvalue weighted by Crippen LogP contribution is 2.19. The molecule has 0 saturated heterocycles. The van der Waals surface area contributed by atoms with Crippen LogP contribution in [0.2, 0.25) is 0 Å². The van der Waals surface area contributed by atoms with Crippen LogP contribution in [0.25, 0.3) is 0 Å². The van der Waals surface area contributed by atoms with E-state index in [0.29, 0.717) is 12.2 Å². The zero-order valence-corrected chi connectivity index (χ0v) is 18.7. The Morgan fingerprint density at radius 2 is 1.72 bits per heavy atom. The summed E-state index contributed by atoms with van der Waals surface area (Å²) < 4.78 is 12.8. The summed E-state index contributed by atoms with van der Waals surface area (Å²) in [7, 11) is 0. The van der Waals surface area contributed by atoms with Crippen molar-refractivity contribution in [1.29, 1.82) is 0 Å². The van der Waals surface area contributed by atoms with E-state index >= 15 is 0 Å². The summed E-state index contributed by atoms with van der Waals surface area (Å²) in [6.07, 6.45) is 5.46. The molecule has 32 heavy (non-hydrogen) atoms. The zero-order chi connectivity index (χ0) is 24.0. The number of aliphatic hydroxyl groups is 1.